The van der Waals surface area contributed by atoms with Gasteiger partial charge < -0.3 is 38.3 Å². The van der Waals surface area contributed by atoms with Crippen LogP contribution in [-0.4, -0.2) is 65.4 Å². The largest absolute Gasteiger partial charge is 0.480 e. The summed E-state index contributed by atoms with van der Waals surface area (Å²) in [6, 6.07) is -4.38. The predicted octanol–water partition coefficient (Wildman–Crippen LogP) is -2.08. The molecular formula is C19H36N6O6. The summed E-state index contributed by atoms with van der Waals surface area (Å²) in [7, 11) is 0. The lowest BCUT2D eigenvalue weighted by molar-refractivity contribution is -0.142. The lowest BCUT2D eigenvalue weighted by atomic mass is 9.97. The van der Waals surface area contributed by atoms with Crippen LogP contribution in [0.5, 0.6) is 0 Å². The van der Waals surface area contributed by atoms with Crippen LogP contribution in [0.25, 0.3) is 0 Å². The maximum Gasteiger partial charge on any atom is 0.325 e. The number of carbonyl (C=O) groups excluding carboxylic acids is 4. The molecule has 0 bridgehead atoms. The molecule has 31 heavy (non-hydrogen) atoms. The van der Waals surface area contributed by atoms with E-state index in [9.17, 15) is 24.0 Å². The lowest BCUT2D eigenvalue weighted by Gasteiger charge is -2.27. The van der Waals surface area contributed by atoms with Gasteiger partial charge in [0.1, 0.15) is 18.1 Å². The molecule has 5 unspecified atom stereocenters. The standard InChI is InChI=1S/C19H36N6O6/c1-4-10(2)15(25-16(27)12(21)9-14(22)26)18(29)24-13(7-5-6-8-20)17(28)23-11(3)19(30)31/h10-13,15H,4-9,20-21H2,1-3H3,(H2,22,26)(H,23,28)(H,24,29)(H,25,27)(H,30,31). The van der Waals surface area contributed by atoms with Gasteiger partial charge in [0.2, 0.25) is 23.6 Å². The Labute approximate surface area is 182 Å². The van der Waals surface area contributed by atoms with E-state index >= 15 is 0 Å². The van der Waals surface area contributed by atoms with E-state index < -0.39 is 53.8 Å². The van der Waals surface area contributed by atoms with Gasteiger partial charge in [-0.05, 0) is 38.6 Å². The van der Waals surface area contributed by atoms with E-state index in [0.29, 0.717) is 25.8 Å². The van der Waals surface area contributed by atoms with Gasteiger partial charge in [-0.3, -0.25) is 24.0 Å². The molecule has 4 amide bonds. The summed E-state index contributed by atoms with van der Waals surface area (Å²) < 4.78 is 0. The summed E-state index contributed by atoms with van der Waals surface area (Å²) in [5.74, 6) is -4.27. The Hall–Kier alpha value is -2.73. The highest BCUT2D eigenvalue weighted by atomic mass is 16.4. The van der Waals surface area contributed by atoms with E-state index in [4.69, 9.17) is 22.3 Å². The molecule has 0 aromatic rings. The summed E-state index contributed by atoms with van der Waals surface area (Å²) in [4.78, 5) is 59.7. The van der Waals surface area contributed by atoms with E-state index in [1.807, 2.05) is 6.92 Å². The van der Waals surface area contributed by atoms with Crippen LogP contribution < -0.4 is 33.2 Å². The highest BCUT2D eigenvalue weighted by Crippen LogP contribution is 2.10. The van der Waals surface area contributed by atoms with Crippen LogP contribution in [0, 0.1) is 5.92 Å². The number of carboxylic acid groups (broad SMARTS) is 1. The minimum atomic E-state index is -1.21. The highest BCUT2D eigenvalue weighted by Gasteiger charge is 2.31. The fraction of sp³-hybridized carbons (Fsp3) is 0.737. The summed E-state index contributed by atoms with van der Waals surface area (Å²) >= 11 is 0. The van der Waals surface area contributed by atoms with Crippen molar-refractivity contribution in [3.63, 3.8) is 0 Å². The number of aliphatic carboxylic acids is 1. The van der Waals surface area contributed by atoms with Gasteiger partial charge in [-0.1, -0.05) is 20.3 Å². The minimum absolute atomic E-state index is 0.240. The molecule has 178 valence electrons. The Morgan fingerprint density at radius 2 is 1.55 bits per heavy atom. The SMILES string of the molecule is CCC(C)C(NC(=O)C(N)CC(N)=O)C(=O)NC(CCCCN)C(=O)NC(C)C(=O)O. The van der Waals surface area contributed by atoms with Crippen LogP contribution in [0.1, 0.15) is 52.9 Å². The van der Waals surface area contributed by atoms with E-state index in [1.165, 1.54) is 6.92 Å². The van der Waals surface area contributed by atoms with Crippen molar-refractivity contribution in [1.29, 1.82) is 0 Å². The number of rotatable bonds is 15. The van der Waals surface area contributed by atoms with Gasteiger partial charge in [-0.15, -0.1) is 0 Å². The van der Waals surface area contributed by atoms with Gasteiger partial charge in [-0.2, -0.15) is 0 Å². The van der Waals surface area contributed by atoms with Crippen molar-refractivity contribution < 1.29 is 29.1 Å². The maximum absolute atomic E-state index is 12.9. The Morgan fingerprint density at radius 3 is 2.03 bits per heavy atom. The molecule has 0 aliphatic rings. The molecule has 0 aromatic heterocycles. The van der Waals surface area contributed by atoms with Gasteiger partial charge in [0.05, 0.1) is 12.5 Å². The van der Waals surface area contributed by atoms with Crippen LogP contribution >= 0.6 is 0 Å². The molecule has 0 saturated carbocycles. The Kier molecular flexibility index (Phi) is 13.0. The molecule has 0 aliphatic carbocycles. The number of amides is 4. The molecule has 0 radical (unpaired) electrons. The van der Waals surface area contributed by atoms with Crippen LogP contribution in [0.2, 0.25) is 0 Å². The zero-order valence-corrected chi connectivity index (χ0v) is 18.3. The molecule has 0 saturated heterocycles. The van der Waals surface area contributed by atoms with E-state index in [1.54, 1.807) is 6.92 Å². The molecule has 12 heteroatoms. The second kappa shape index (κ2) is 14.3. The van der Waals surface area contributed by atoms with Gasteiger partial charge in [0.15, 0.2) is 0 Å². The van der Waals surface area contributed by atoms with E-state index in [-0.39, 0.29) is 18.8 Å². The van der Waals surface area contributed by atoms with Crippen molar-refractivity contribution in [2.75, 3.05) is 6.54 Å². The Bertz CT molecular complexity index is 643. The molecule has 0 rings (SSSR count). The number of unbranched alkanes of at least 4 members (excludes halogenated alkanes) is 1. The summed E-state index contributed by atoms with van der Waals surface area (Å²) in [6.45, 7) is 5.26. The number of carboxylic acids is 1. The molecule has 0 aromatic carbocycles. The number of nitrogens with two attached hydrogens (primary N) is 3. The molecule has 5 atom stereocenters. The van der Waals surface area contributed by atoms with Crippen LogP contribution in [0.4, 0.5) is 0 Å². The average Bonchev–Trinajstić information content (AvgIpc) is 2.69. The molecule has 10 N–H and O–H groups in total. The monoisotopic (exact) mass is 444 g/mol. The molecular weight excluding hydrogens is 408 g/mol. The van der Waals surface area contributed by atoms with Crippen LogP contribution in [0.3, 0.4) is 0 Å². The molecule has 0 heterocycles. The summed E-state index contributed by atoms with van der Waals surface area (Å²) in [5, 5.41) is 16.4. The van der Waals surface area contributed by atoms with Crippen molar-refractivity contribution >= 4 is 29.6 Å². The van der Waals surface area contributed by atoms with E-state index in [2.05, 4.69) is 16.0 Å². The lowest BCUT2D eigenvalue weighted by Crippen LogP contribution is -2.58. The quantitative estimate of drug-likeness (QED) is 0.139. The van der Waals surface area contributed by atoms with Crippen LogP contribution in [-0.2, 0) is 24.0 Å². The molecule has 0 fully saturated rings. The fourth-order valence-corrected chi connectivity index (χ4v) is 2.67. The zero-order valence-electron chi connectivity index (χ0n) is 18.3. The molecule has 0 spiro atoms. The number of hydrogen-bond acceptors (Lipinski definition) is 7. The van der Waals surface area contributed by atoms with Crippen molar-refractivity contribution in [3.05, 3.63) is 0 Å². The topological polar surface area (TPSA) is 220 Å². The molecule has 12 nitrogen and oxygen atoms in total. The summed E-state index contributed by atoms with van der Waals surface area (Å²) in [5.41, 5.74) is 16.2. The number of hydrogen-bond donors (Lipinski definition) is 7. The van der Waals surface area contributed by atoms with Crippen LogP contribution in [0.15, 0.2) is 0 Å². The van der Waals surface area contributed by atoms with Crippen molar-refractivity contribution in [3.8, 4) is 0 Å². The highest BCUT2D eigenvalue weighted by molar-refractivity contribution is 5.95. The second-order valence-electron chi connectivity index (χ2n) is 7.56. The Balaban J connectivity index is 5.40. The third-order valence-electron chi connectivity index (χ3n) is 4.86. The van der Waals surface area contributed by atoms with Crippen molar-refractivity contribution in [2.24, 2.45) is 23.1 Å². The van der Waals surface area contributed by atoms with Gasteiger partial charge >= 0.3 is 5.97 Å². The fourth-order valence-electron chi connectivity index (χ4n) is 2.67. The van der Waals surface area contributed by atoms with Gasteiger partial charge in [0, 0.05) is 0 Å². The second-order valence-corrected chi connectivity index (χ2v) is 7.56. The number of primary amides is 1. The first-order chi connectivity index (χ1) is 14.4. The number of nitrogens with one attached hydrogen (secondary N) is 3. The summed E-state index contributed by atoms with van der Waals surface area (Å²) in [6.07, 6.45) is 1.53. The third-order valence-corrected chi connectivity index (χ3v) is 4.86. The molecule has 0 aliphatic heterocycles. The van der Waals surface area contributed by atoms with Crippen molar-refractivity contribution in [1.82, 2.24) is 16.0 Å². The smallest absolute Gasteiger partial charge is 0.325 e. The maximum atomic E-state index is 12.9. The van der Waals surface area contributed by atoms with Crippen molar-refractivity contribution in [2.45, 2.75) is 77.0 Å². The van der Waals surface area contributed by atoms with Gasteiger partial charge in [-0.25, -0.2) is 0 Å². The average molecular weight is 445 g/mol. The number of carbonyl (C=O) groups is 5. The third kappa shape index (κ3) is 10.7. The zero-order chi connectivity index (χ0) is 24.1. The van der Waals surface area contributed by atoms with Gasteiger partial charge in [0.25, 0.3) is 0 Å². The first kappa shape index (κ1) is 28.3. The first-order valence-corrected chi connectivity index (χ1v) is 10.3. The minimum Gasteiger partial charge on any atom is -0.480 e. The van der Waals surface area contributed by atoms with E-state index in [0.717, 1.165) is 0 Å². The normalized spacial score (nSPS) is 15.6. The Morgan fingerprint density at radius 1 is 0.935 bits per heavy atom. The predicted molar refractivity (Wildman–Crippen MR) is 113 cm³/mol. The first-order valence-electron chi connectivity index (χ1n) is 10.3.